The average molecular weight is 241 g/mol. The molecule has 0 spiro atoms. The quantitative estimate of drug-likeness (QED) is 0.650. The zero-order chi connectivity index (χ0) is 12.3. The molecule has 2 fully saturated rings. The van der Waals surface area contributed by atoms with Crippen molar-refractivity contribution in [2.45, 2.75) is 12.5 Å². The molecule has 2 amide bonds. The number of morpholine rings is 1. The fourth-order valence-electron chi connectivity index (χ4n) is 2.06. The minimum absolute atomic E-state index is 0.0115. The van der Waals surface area contributed by atoms with Crippen molar-refractivity contribution in [3.63, 3.8) is 0 Å². The third kappa shape index (κ3) is 3.17. The molecule has 2 heterocycles. The van der Waals surface area contributed by atoms with Crippen LogP contribution in [0.15, 0.2) is 0 Å². The largest absolute Gasteiger partial charge is 0.378 e. The minimum atomic E-state index is 0.0115. The van der Waals surface area contributed by atoms with Gasteiger partial charge in [-0.25, -0.2) is 0 Å². The van der Waals surface area contributed by atoms with Crippen LogP contribution >= 0.6 is 0 Å². The van der Waals surface area contributed by atoms with Gasteiger partial charge in [-0.15, -0.1) is 0 Å². The molecule has 1 N–H and O–H groups in total. The van der Waals surface area contributed by atoms with Crippen molar-refractivity contribution in [2.75, 3.05) is 46.4 Å². The summed E-state index contributed by atoms with van der Waals surface area (Å²) in [6.45, 7) is 3.54. The van der Waals surface area contributed by atoms with E-state index in [1.807, 2.05) is 0 Å². The van der Waals surface area contributed by atoms with Crippen LogP contribution in [0.2, 0.25) is 0 Å². The summed E-state index contributed by atoms with van der Waals surface area (Å²) < 4.78 is 5.30. The number of hydrogen-bond acceptors (Lipinski definition) is 4. The molecule has 2 aliphatic heterocycles. The number of rotatable bonds is 2. The predicted molar refractivity (Wildman–Crippen MR) is 61.4 cm³/mol. The van der Waals surface area contributed by atoms with Gasteiger partial charge in [0.2, 0.25) is 11.8 Å². The predicted octanol–water partition coefficient (Wildman–Crippen LogP) is -1.33. The number of nitrogens with one attached hydrogen (secondary N) is 1. The SMILES string of the molecule is CN1CCN(C(=O)CC2COCCN2)CC1=O. The van der Waals surface area contributed by atoms with Crippen LogP contribution in [0.1, 0.15) is 6.42 Å². The number of amides is 2. The van der Waals surface area contributed by atoms with Crippen molar-refractivity contribution < 1.29 is 14.3 Å². The first-order valence-corrected chi connectivity index (χ1v) is 5.99. The van der Waals surface area contributed by atoms with Gasteiger partial charge >= 0.3 is 0 Å². The summed E-state index contributed by atoms with van der Waals surface area (Å²) in [4.78, 5) is 26.8. The first-order valence-electron chi connectivity index (χ1n) is 5.99. The second kappa shape index (κ2) is 5.46. The number of nitrogens with zero attached hydrogens (tertiary/aromatic N) is 2. The van der Waals surface area contributed by atoms with Gasteiger partial charge in [-0.2, -0.15) is 0 Å². The average Bonchev–Trinajstić information content (AvgIpc) is 2.34. The lowest BCUT2D eigenvalue weighted by Crippen LogP contribution is -2.52. The van der Waals surface area contributed by atoms with Gasteiger partial charge in [-0.05, 0) is 0 Å². The Morgan fingerprint density at radius 2 is 2.35 bits per heavy atom. The molecular weight excluding hydrogens is 222 g/mol. The molecule has 0 aliphatic carbocycles. The molecule has 1 atom stereocenters. The topological polar surface area (TPSA) is 61.9 Å². The van der Waals surface area contributed by atoms with E-state index in [0.29, 0.717) is 32.7 Å². The van der Waals surface area contributed by atoms with Crippen molar-refractivity contribution in [3.05, 3.63) is 0 Å². The molecule has 1 unspecified atom stereocenters. The maximum atomic E-state index is 12.0. The van der Waals surface area contributed by atoms with E-state index in [9.17, 15) is 9.59 Å². The van der Waals surface area contributed by atoms with E-state index in [4.69, 9.17) is 4.74 Å². The van der Waals surface area contributed by atoms with Crippen LogP contribution in [0.4, 0.5) is 0 Å². The van der Waals surface area contributed by atoms with Gasteiger partial charge in [0, 0.05) is 39.1 Å². The van der Waals surface area contributed by atoms with Crippen molar-refractivity contribution in [2.24, 2.45) is 0 Å². The normalized spacial score (nSPS) is 26.2. The highest BCUT2D eigenvalue weighted by molar-refractivity contribution is 5.86. The lowest BCUT2D eigenvalue weighted by molar-refractivity contribution is -0.144. The summed E-state index contributed by atoms with van der Waals surface area (Å²) in [5.41, 5.74) is 0. The zero-order valence-corrected chi connectivity index (χ0v) is 10.1. The van der Waals surface area contributed by atoms with Crippen molar-refractivity contribution in [3.8, 4) is 0 Å². The number of hydrogen-bond donors (Lipinski definition) is 1. The molecule has 0 aromatic carbocycles. The van der Waals surface area contributed by atoms with E-state index < -0.39 is 0 Å². The number of likely N-dealkylation sites (N-methyl/N-ethyl adjacent to an activating group) is 1. The lowest BCUT2D eigenvalue weighted by atomic mass is 10.1. The van der Waals surface area contributed by atoms with Crippen molar-refractivity contribution in [1.29, 1.82) is 0 Å². The summed E-state index contributed by atoms with van der Waals surface area (Å²) >= 11 is 0. The number of piperazine rings is 1. The standard InChI is InChI=1S/C11H19N3O3/c1-13-3-4-14(7-11(13)16)10(15)6-9-8-17-5-2-12-9/h9,12H,2-8H2,1H3. The molecule has 96 valence electrons. The fraction of sp³-hybridized carbons (Fsp3) is 0.818. The Morgan fingerprint density at radius 3 is 3.00 bits per heavy atom. The van der Waals surface area contributed by atoms with Gasteiger partial charge < -0.3 is 19.9 Å². The van der Waals surface area contributed by atoms with Crippen LogP contribution in [0, 0.1) is 0 Å². The second-order valence-corrected chi connectivity index (χ2v) is 4.56. The maximum Gasteiger partial charge on any atom is 0.241 e. The van der Waals surface area contributed by atoms with Crippen molar-refractivity contribution in [1.82, 2.24) is 15.1 Å². The van der Waals surface area contributed by atoms with Crippen LogP contribution < -0.4 is 5.32 Å². The molecule has 0 radical (unpaired) electrons. The van der Waals surface area contributed by atoms with Gasteiger partial charge in [0.05, 0.1) is 19.8 Å². The summed E-state index contributed by atoms with van der Waals surface area (Å²) in [5, 5.41) is 3.24. The number of carbonyl (C=O) groups is 2. The molecular formula is C11H19N3O3. The van der Waals surface area contributed by atoms with E-state index in [1.165, 1.54) is 0 Å². The molecule has 2 rings (SSSR count). The highest BCUT2D eigenvalue weighted by Crippen LogP contribution is 2.06. The molecule has 2 aliphatic rings. The number of ether oxygens (including phenoxy) is 1. The van der Waals surface area contributed by atoms with Crippen LogP contribution in [0.25, 0.3) is 0 Å². The van der Waals surface area contributed by atoms with Gasteiger partial charge in [0.1, 0.15) is 0 Å². The summed E-state index contributed by atoms with van der Waals surface area (Å²) in [6.07, 6.45) is 0.414. The molecule has 0 aromatic rings. The van der Waals surface area contributed by atoms with E-state index in [2.05, 4.69) is 5.32 Å². The highest BCUT2D eigenvalue weighted by Gasteiger charge is 2.26. The van der Waals surface area contributed by atoms with E-state index in [1.54, 1.807) is 16.8 Å². The fourth-order valence-corrected chi connectivity index (χ4v) is 2.06. The van der Waals surface area contributed by atoms with Crippen molar-refractivity contribution >= 4 is 11.8 Å². The molecule has 0 aromatic heterocycles. The van der Waals surface area contributed by atoms with Crippen LogP contribution in [0.5, 0.6) is 0 Å². The third-order valence-corrected chi connectivity index (χ3v) is 3.23. The Morgan fingerprint density at radius 1 is 1.53 bits per heavy atom. The Labute approximate surface area is 101 Å². The summed E-state index contributed by atoms with van der Waals surface area (Å²) in [6, 6.07) is 0.0889. The van der Waals surface area contributed by atoms with Gasteiger partial charge in [0.15, 0.2) is 0 Å². The molecule has 2 saturated heterocycles. The van der Waals surface area contributed by atoms with E-state index >= 15 is 0 Å². The minimum Gasteiger partial charge on any atom is -0.378 e. The Kier molecular flexibility index (Phi) is 3.96. The first kappa shape index (κ1) is 12.3. The summed E-state index contributed by atoms with van der Waals surface area (Å²) in [7, 11) is 1.76. The van der Waals surface area contributed by atoms with E-state index in [-0.39, 0.29) is 24.4 Å². The highest BCUT2D eigenvalue weighted by atomic mass is 16.5. The lowest BCUT2D eigenvalue weighted by Gasteiger charge is -2.33. The monoisotopic (exact) mass is 241 g/mol. The number of carbonyl (C=O) groups excluding carboxylic acids is 2. The van der Waals surface area contributed by atoms with Gasteiger partial charge in [-0.3, -0.25) is 9.59 Å². The molecule has 6 heteroatoms. The zero-order valence-electron chi connectivity index (χ0n) is 10.1. The first-order chi connectivity index (χ1) is 8.16. The Bertz CT molecular complexity index is 302. The molecule has 6 nitrogen and oxygen atoms in total. The van der Waals surface area contributed by atoms with Gasteiger partial charge in [-0.1, -0.05) is 0 Å². The third-order valence-electron chi connectivity index (χ3n) is 3.23. The van der Waals surface area contributed by atoms with Gasteiger partial charge in [0.25, 0.3) is 0 Å². The van der Waals surface area contributed by atoms with Crippen LogP contribution in [-0.2, 0) is 14.3 Å². The molecule has 0 bridgehead atoms. The van der Waals surface area contributed by atoms with Crippen LogP contribution in [0.3, 0.4) is 0 Å². The Balaban J connectivity index is 1.81. The molecule has 17 heavy (non-hydrogen) atoms. The summed E-state index contributed by atoms with van der Waals surface area (Å²) in [5.74, 6) is 0.0481. The van der Waals surface area contributed by atoms with E-state index in [0.717, 1.165) is 6.54 Å². The maximum absolute atomic E-state index is 12.0. The van der Waals surface area contributed by atoms with Crippen LogP contribution in [-0.4, -0.2) is 74.1 Å². The molecule has 0 saturated carbocycles. The smallest absolute Gasteiger partial charge is 0.241 e. The Hall–Kier alpha value is -1.14. The second-order valence-electron chi connectivity index (χ2n) is 4.56.